The first-order valence-corrected chi connectivity index (χ1v) is 15.9. The van der Waals surface area contributed by atoms with E-state index in [2.05, 4.69) is 37.0 Å². The van der Waals surface area contributed by atoms with Gasteiger partial charge in [0, 0.05) is 58.4 Å². The molecule has 0 radical (unpaired) electrons. The molecular formula is C37H52N2O3. The molecule has 0 saturated heterocycles. The number of carbonyl (C=O) groups is 3. The van der Waals surface area contributed by atoms with Crippen LogP contribution >= 0.6 is 0 Å². The predicted molar refractivity (Wildman–Crippen MR) is 175 cm³/mol. The van der Waals surface area contributed by atoms with Gasteiger partial charge in [-0.1, -0.05) is 55.3 Å². The molecule has 5 nitrogen and oxygen atoms in total. The molecule has 5 heteroatoms. The van der Waals surface area contributed by atoms with E-state index in [9.17, 15) is 14.4 Å². The highest BCUT2D eigenvalue weighted by atomic mass is 16.2. The molecule has 1 aliphatic carbocycles. The van der Waals surface area contributed by atoms with Gasteiger partial charge in [0.25, 0.3) is 0 Å². The first-order chi connectivity index (χ1) is 20.2. The van der Waals surface area contributed by atoms with Crippen LogP contribution in [0.5, 0.6) is 0 Å². The van der Waals surface area contributed by atoms with Crippen molar-refractivity contribution in [2.24, 2.45) is 11.8 Å². The summed E-state index contributed by atoms with van der Waals surface area (Å²) < 4.78 is 0. The molecular weight excluding hydrogens is 520 g/mol. The van der Waals surface area contributed by atoms with Crippen LogP contribution in [0.2, 0.25) is 0 Å². The standard InChI is InChI=1S/C37H48N2O3.2H2/c1-26-9-7-13-30(27(26)2)19-22-37(42)39(4)35(14-8-10-29-15-17-31(18-16-29)28(3)40)20-21-36(41)24-34-23-32-11-5-6-12-33(32)25-38-34;;/h5-7,9,11-13,23,25,29,31,35H,8,10,14-22,24H2,1-4H3;2*1H/t29?,31?,35-;;/m0../s1. The zero-order chi connectivity index (χ0) is 30.1. The van der Waals surface area contributed by atoms with Gasteiger partial charge in [-0.2, -0.15) is 0 Å². The van der Waals surface area contributed by atoms with Crippen molar-refractivity contribution < 1.29 is 17.2 Å². The smallest absolute Gasteiger partial charge is 0.222 e. The van der Waals surface area contributed by atoms with Gasteiger partial charge in [-0.05, 0) is 99.8 Å². The fraction of sp³-hybridized carbons (Fsp3) is 0.514. The Morgan fingerprint density at radius 3 is 2.43 bits per heavy atom. The molecule has 4 rings (SSSR count). The Bertz CT molecular complexity index is 1380. The molecule has 0 bridgehead atoms. The average Bonchev–Trinajstić information content (AvgIpc) is 2.99. The minimum absolute atomic E-state index is 0. The first kappa shape index (κ1) is 31.6. The Kier molecular flexibility index (Phi) is 11.5. The molecule has 1 heterocycles. The van der Waals surface area contributed by atoms with Crippen molar-refractivity contribution in [3.05, 3.63) is 77.1 Å². The molecule has 42 heavy (non-hydrogen) atoms. The van der Waals surface area contributed by atoms with E-state index in [4.69, 9.17) is 0 Å². The minimum atomic E-state index is 0. The van der Waals surface area contributed by atoms with Crippen molar-refractivity contribution in [1.82, 2.24) is 9.88 Å². The number of benzene rings is 2. The van der Waals surface area contributed by atoms with Gasteiger partial charge in [0.05, 0.1) is 0 Å². The van der Waals surface area contributed by atoms with Crippen molar-refractivity contribution in [2.45, 2.75) is 104 Å². The summed E-state index contributed by atoms with van der Waals surface area (Å²) >= 11 is 0. The number of aromatic nitrogens is 1. The minimum Gasteiger partial charge on any atom is -0.343 e. The third-order valence-corrected chi connectivity index (χ3v) is 9.66. The number of ketones is 2. The van der Waals surface area contributed by atoms with Crippen molar-refractivity contribution in [1.29, 1.82) is 0 Å². The lowest BCUT2D eigenvalue weighted by atomic mass is 9.78. The summed E-state index contributed by atoms with van der Waals surface area (Å²) in [6.07, 6.45) is 11.8. The molecule has 2 aromatic carbocycles. The van der Waals surface area contributed by atoms with Crippen LogP contribution in [-0.2, 0) is 27.2 Å². The fourth-order valence-corrected chi connectivity index (χ4v) is 6.58. The summed E-state index contributed by atoms with van der Waals surface area (Å²) in [5, 5.41) is 2.17. The Morgan fingerprint density at radius 1 is 0.952 bits per heavy atom. The van der Waals surface area contributed by atoms with Crippen LogP contribution in [0.1, 0.15) is 96.4 Å². The normalized spacial score (nSPS) is 17.6. The summed E-state index contributed by atoms with van der Waals surface area (Å²) in [6.45, 7) is 5.96. The van der Waals surface area contributed by atoms with Gasteiger partial charge in [0.1, 0.15) is 11.6 Å². The topological polar surface area (TPSA) is 67.3 Å². The van der Waals surface area contributed by atoms with E-state index < -0.39 is 0 Å². The van der Waals surface area contributed by atoms with Gasteiger partial charge >= 0.3 is 0 Å². The van der Waals surface area contributed by atoms with Crippen LogP contribution in [0, 0.1) is 25.7 Å². The Balaban J connectivity index is 0.00000337. The molecule has 1 atom stereocenters. The summed E-state index contributed by atoms with van der Waals surface area (Å²) in [5.41, 5.74) is 4.54. The molecule has 1 amide bonds. The second kappa shape index (κ2) is 15.2. The van der Waals surface area contributed by atoms with Crippen molar-refractivity contribution in [2.75, 3.05) is 7.05 Å². The van der Waals surface area contributed by atoms with E-state index in [1.807, 2.05) is 48.5 Å². The predicted octanol–water partition coefficient (Wildman–Crippen LogP) is 8.26. The highest BCUT2D eigenvalue weighted by Gasteiger charge is 2.25. The number of fused-ring (bicyclic) bond motifs is 1. The highest BCUT2D eigenvalue weighted by Crippen LogP contribution is 2.33. The Labute approximate surface area is 255 Å². The number of aryl methyl sites for hydroxylation is 2. The molecule has 3 aromatic rings. The second-order valence-electron chi connectivity index (χ2n) is 12.6. The lowest BCUT2D eigenvalue weighted by Crippen LogP contribution is -2.37. The fourth-order valence-electron chi connectivity index (χ4n) is 6.58. The quantitative estimate of drug-likeness (QED) is 0.195. The number of pyridine rings is 1. The summed E-state index contributed by atoms with van der Waals surface area (Å²) in [4.78, 5) is 44.6. The van der Waals surface area contributed by atoms with E-state index in [0.29, 0.717) is 37.4 Å². The van der Waals surface area contributed by atoms with Crippen LogP contribution in [-0.4, -0.2) is 40.4 Å². The monoisotopic (exact) mass is 572 g/mol. The van der Waals surface area contributed by atoms with E-state index in [-0.39, 0.29) is 26.5 Å². The third-order valence-electron chi connectivity index (χ3n) is 9.66. The summed E-state index contributed by atoms with van der Waals surface area (Å²) in [7, 11) is 1.92. The number of hydrogen-bond donors (Lipinski definition) is 0. The number of Topliss-reactive ketones (excluding diaryl/α,β-unsaturated/α-hetero) is 2. The number of amides is 1. The zero-order valence-electron chi connectivity index (χ0n) is 26.0. The SMILES string of the molecule is CC(=O)C1CCC(CCC[C@@H](CCC(=O)Cc2cc3ccccc3cn2)N(C)C(=O)CCc2cccc(C)c2C)CC1.[HH].[HH]. The molecule has 0 N–H and O–H groups in total. The van der Waals surface area contributed by atoms with E-state index >= 15 is 0 Å². The van der Waals surface area contributed by atoms with Gasteiger partial charge in [-0.15, -0.1) is 0 Å². The number of rotatable bonds is 14. The van der Waals surface area contributed by atoms with Gasteiger partial charge in [-0.3, -0.25) is 19.4 Å². The van der Waals surface area contributed by atoms with Crippen LogP contribution in [0.3, 0.4) is 0 Å². The molecule has 1 aromatic heterocycles. The van der Waals surface area contributed by atoms with E-state index in [0.717, 1.165) is 67.8 Å². The van der Waals surface area contributed by atoms with Crippen LogP contribution < -0.4 is 0 Å². The maximum Gasteiger partial charge on any atom is 0.222 e. The molecule has 1 fully saturated rings. The third kappa shape index (κ3) is 8.83. The van der Waals surface area contributed by atoms with Crippen molar-refractivity contribution in [3.63, 3.8) is 0 Å². The van der Waals surface area contributed by atoms with E-state index in [1.165, 1.54) is 16.7 Å². The van der Waals surface area contributed by atoms with Crippen LogP contribution in [0.15, 0.2) is 54.7 Å². The molecule has 1 aliphatic rings. The van der Waals surface area contributed by atoms with Gasteiger partial charge in [0.15, 0.2) is 0 Å². The molecule has 0 unspecified atom stereocenters. The summed E-state index contributed by atoms with van der Waals surface area (Å²) in [5.74, 6) is 1.55. The summed E-state index contributed by atoms with van der Waals surface area (Å²) in [6, 6.07) is 16.4. The average molecular weight is 573 g/mol. The molecule has 228 valence electrons. The molecule has 0 aliphatic heterocycles. The maximum absolute atomic E-state index is 13.4. The first-order valence-electron chi connectivity index (χ1n) is 15.9. The Morgan fingerprint density at radius 2 is 1.69 bits per heavy atom. The molecule has 0 spiro atoms. The maximum atomic E-state index is 13.4. The highest BCUT2D eigenvalue weighted by molar-refractivity contribution is 5.85. The number of hydrogen-bond acceptors (Lipinski definition) is 4. The van der Waals surface area contributed by atoms with Gasteiger partial charge in [0.2, 0.25) is 5.91 Å². The lowest BCUT2D eigenvalue weighted by Gasteiger charge is -2.30. The van der Waals surface area contributed by atoms with E-state index in [1.54, 1.807) is 6.92 Å². The molecule has 1 saturated carbocycles. The largest absolute Gasteiger partial charge is 0.343 e. The van der Waals surface area contributed by atoms with Gasteiger partial charge < -0.3 is 4.90 Å². The lowest BCUT2D eigenvalue weighted by molar-refractivity contribution is -0.132. The Hall–Kier alpha value is -3.34. The zero-order valence-corrected chi connectivity index (χ0v) is 26.0. The second-order valence-corrected chi connectivity index (χ2v) is 12.6. The number of nitrogens with zero attached hydrogens (tertiary/aromatic N) is 2. The van der Waals surface area contributed by atoms with Crippen molar-refractivity contribution >= 4 is 28.2 Å². The van der Waals surface area contributed by atoms with Gasteiger partial charge in [-0.25, -0.2) is 0 Å². The number of carbonyl (C=O) groups excluding carboxylic acids is 3. The van der Waals surface area contributed by atoms with Crippen molar-refractivity contribution in [3.8, 4) is 0 Å². The van der Waals surface area contributed by atoms with Crippen LogP contribution in [0.25, 0.3) is 10.8 Å². The van der Waals surface area contributed by atoms with Crippen LogP contribution in [0.4, 0.5) is 0 Å².